The summed E-state index contributed by atoms with van der Waals surface area (Å²) < 4.78 is 1.65. The maximum atomic E-state index is 3.68. The van der Waals surface area contributed by atoms with Crippen LogP contribution in [0.3, 0.4) is 0 Å². The lowest BCUT2D eigenvalue weighted by molar-refractivity contribution is 0.548. The number of halogens is 1. The van der Waals surface area contributed by atoms with E-state index in [4.69, 9.17) is 0 Å². The first kappa shape index (κ1) is 17.3. The lowest BCUT2D eigenvalue weighted by Gasteiger charge is -2.24. The molecule has 1 rings (SSSR count). The summed E-state index contributed by atoms with van der Waals surface area (Å²) in [6.45, 7) is 10.2. The molecule has 1 atom stereocenters. The van der Waals surface area contributed by atoms with Gasteiger partial charge in [0.1, 0.15) is 0 Å². The van der Waals surface area contributed by atoms with Gasteiger partial charge in [-0.2, -0.15) is 11.8 Å². The average Bonchev–Trinajstić information content (AvgIpc) is 2.34. The smallest absolute Gasteiger partial charge is 0.0198 e. The van der Waals surface area contributed by atoms with Crippen LogP contribution in [0.2, 0.25) is 0 Å². The highest BCUT2D eigenvalue weighted by molar-refractivity contribution is 14.1. The van der Waals surface area contributed by atoms with Gasteiger partial charge in [-0.05, 0) is 59.7 Å². The molecular formula is C16H26INS. The van der Waals surface area contributed by atoms with Crippen molar-refractivity contribution in [1.82, 2.24) is 5.32 Å². The van der Waals surface area contributed by atoms with Crippen LogP contribution in [0.4, 0.5) is 0 Å². The van der Waals surface area contributed by atoms with E-state index < -0.39 is 0 Å². The first-order valence-corrected chi connectivity index (χ1v) is 9.09. The SMILES string of the molecule is CCCNC(CSC(C)(C)C)Cc1ccc(I)cc1. The molecule has 0 bridgehead atoms. The summed E-state index contributed by atoms with van der Waals surface area (Å²) in [4.78, 5) is 0. The van der Waals surface area contributed by atoms with Crippen LogP contribution in [-0.4, -0.2) is 23.1 Å². The topological polar surface area (TPSA) is 12.0 Å². The Morgan fingerprint density at radius 3 is 2.37 bits per heavy atom. The minimum absolute atomic E-state index is 0.345. The Labute approximate surface area is 136 Å². The van der Waals surface area contributed by atoms with Crippen LogP contribution in [0, 0.1) is 3.57 Å². The highest BCUT2D eigenvalue weighted by atomic mass is 127. The Bertz CT molecular complexity index is 356. The quantitative estimate of drug-likeness (QED) is 0.675. The van der Waals surface area contributed by atoms with E-state index >= 15 is 0 Å². The van der Waals surface area contributed by atoms with E-state index in [0.29, 0.717) is 10.8 Å². The molecule has 1 unspecified atom stereocenters. The molecule has 0 aliphatic rings. The molecule has 0 heterocycles. The van der Waals surface area contributed by atoms with Gasteiger partial charge in [0, 0.05) is 20.1 Å². The van der Waals surface area contributed by atoms with Gasteiger partial charge >= 0.3 is 0 Å². The number of thioether (sulfide) groups is 1. The lowest BCUT2D eigenvalue weighted by atomic mass is 10.1. The van der Waals surface area contributed by atoms with Gasteiger partial charge in [-0.15, -0.1) is 0 Å². The molecule has 0 fully saturated rings. The molecule has 0 aliphatic carbocycles. The Kier molecular flexibility index (Phi) is 7.77. The summed E-state index contributed by atoms with van der Waals surface area (Å²) in [6, 6.07) is 9.48. The molecule has 19 heavy (non-hydrogen) atoms. The number of rotatable bonds is 7. The largest absolute Gasteiger partial charge is 0.313 e. The van der Waals surface area contributed by atoms with Crippen molar-refractivity contribution in [1.29, 1.82) is 0 Å². The lowest BCUT2D eigenvalue weighted by Crippen LogP contribution is -2.35. The Hall–Kier alpha value is 0.260. The standard InChI is InChI=1S/C16H26INS/c1-5-10-18-15(12-19-16(2,3)4)11-13-6-8-14(17)9-7-13/h6-9,15,18H,5,10-12H2,1-4H3. The third-order valence-electron chi connectivity index (χ3n) is 2.80. The van der Waals surface area contributed by atoms with Gasteiger partial charge in [0.25, 0.3) is 0 Å². The zero-order valence-corrected chi connectivity index (χ0v) is 15.5. The van der Waals surface area contributed by atoms with Crippen molar-refractivity contribution in [2.24, 2.45) is 0 Å². The van der Waals surface area contributed by atoms with E-state index in [1.165, 1.54) is 21.3 Å². The molecule has 108 valence electrons. The van der Waals surface area contributed by atoms with Gasteiger partial charge in [0.05, 0.1) is 0 Å². The van der Waals surface area contributed by atoms with Crippen LogP contribution in [0.25, 0.3) is 0 Å². The van der Waals surface area contributed by atoms with Crippen LogP contribution >= 0.6 is 34.4 Å². The molecule has 1 aromatic carbocycles. The predicted octanol–water partition coefficient (Wildman–Crippen LogP) is 4.73. The first-order chi connectivity index (χ1) is 8.90. The van der Waals surface area contributed by atoms with Crippen LogP contribution in [-0.2, 0) is 6.42 Å². The molecule has 0 saturated heterocycles. The molecule has 1 N–H and O–H groups in total. The Morgan fingerprint density at radius 2 is 1.84 bits per heavy atom. The van der Waals surface area contributed by atoms with Gasteiger partial charge in [0.15, 0.2) is 0 Å². The number of benzene rings is 1. The molecule has 1 nitrogen and oxygen atoms in total. The van der Waals surface area contributed by atoms with Crippen molar-refractivity contribution in [3.63, 3.8) is 0 Å². The fourth-order valence-electron chi connectivity index (χ4n) is 1.79. The second-order valence-corrected chi connectivity index (χ2v) is 9.00. The second-order valence-electron chi connectivity index (χ2n) is 5.91. The monoisotopic (exact) mass is 391 g/mol. The summed E-state index contributed by atoms with van der Waals surface area (Å²) in [6.07, 6.45) is 2.32. The van der Waals surface area contributed by atoms with Crippen molar-refractivity contribution in [3.05, 3.63) is 33.4 Å². The van der Waals surface area contributed by atoms with E-state index in [1.807, 2.05) is 0 Å². The van der Waals surface area contributed by atoms with Crippen molar-refractivity contribution in [3.8, 4) is 0 Å². The zero-order chi connectivity index (χ0) is 14.3. The fraction of sp³-hybridized carbons (Fsp3) is 0.625. The molecule has 0 saturated carbocycles. The van der Waals surface area contributed by atoms with Gasteiger partial charge in [-0.25, -0.2) is 0 Å². The number of nitrogens with one attached hydrogen (secondary N) is 1. The van der Waals surface area contributed by atoms with E-state index in [9.17, 15) is 0 Å². The van der Waals surface area contributed by atoms with Crippen LogP contribution in [0.1, 0.15) is 39.7 Å². The van der Waals surface area contributed by atoms with Crippen molar-refractivity contribution in [2.45, 2.75) is 51.3 Å². The highest BCUT2D eigenvalue weighted by Crippen LogP contribution is 2.24. The van der Waals surface area contributed by atoms with Crippen LogP contribution in [0.5, 0.6) is 0 Å². The van der Waals surface area contributed by atoms with E-state index in [-0.39, 0.29) is 0 Å². The minimum atomic E-state index is 0.345. The van der Waals surface area contributed by atoms with E-state index in [2.05, 4.69) is 91.6 Å². The van der Waals surface area contributed by atoms with Crippen molar-refractivity contribution < 1.29 is 0 Å². The summed E-state index contributed by atoms with van der Waals surface area (Å²) in [5.74, 6) is 1.18. The summed E-state index contributed by atoms with van der Waals surface area (Å²) in [7, 11) is 0. The number of hydrogen-bond donors (Lipinski definition) is 1. The van der Waals surface area contributed by atoms with Gasteiger partial charge in [-0.1, -0.05) is 39.8 Å². The summed E-state index contributed by atoms with van der Waals surface area (Å²) in [5, 5.41) is 3.68. The first-order valence-electron chi connectivity index (χ1n) is 7.02. The van der Waals surface area contributed by atoms with Gasteiger partial charge in [-0.3, -0.25) is 0 Å². The maximum Gasteiger partial charge on any atom is 0.0198 e. The Balaban J connectivity index is 2.55. The molecule has 3 heteroatoms. The van der Waals surface area contributed by atoms with Crippen molar-refractivity contribution >= 4 is 34.4 Å². The van der Waals surface area contributed by atoms with E-state index in [0.717, 1.165) is 13.0 Å². The van der Waals surface area contributed by atoms with Crippen molar-refractivity contribution in [2.75, 3.05) is 12.3 Å². The highest BCUT2D eigenvalue weighted by Gasteiger charge is 2.15. The number of hydrogen-bond acceptors (Lipinski definition) is 2. The second kappa shape index (κ2) is 8.53. The van der Waals surface area contributed by atoms with Crippen LogP contribution < -0.4 is 5.32 Å². The molecule has 0 radical (unpaired) electrons. The molecule has 0 spiro atoms. The molecule has 1 aromatic rings. The zero-order valence-electron chi connectivity index (χ0n) is 12.5. The molecular weight excluding hydrogens is 365 g/mol. The molecule has 0 amide bonds. The third kappa shape index (κ3) is 8.20. The summed E-state index contributed by atoms with van der Waals surface area (Å²) in [5.41, 5.74) is 1.43. The third-order valence-corrected chi connectivity index (χ3v) is 4.95. The molecule has 0 aliphatic heterocycles. The van der Waals surface area contributed by atoms with Gasteiger partial charge in [0.2, 0.25) is 0 Å². The predicted molar refractivity (Wildman–Crippen MR) is 97.2 cm³/mol. The maximum absolute atomic E-state index is 3.68. The normalized spacial score (nSPS) is 13.5. The average molecular weight is 391 g/mol. The fourth-order valence-corrected chi connectivity index (χ4v) is 3.09. The van der Waals surface area contributed by atoms with Gasteiger partial charge < -0.3 is 5.32 Å². The summed E-state index contributed by atoms with van der Waals surface area (Å²) >= 11 is 4.41. The minimum Gasteiger partial charge on any atom is -0.313 e. The molecule has 0 aromatic heterocycles. The Morgan fingerprint density at radius 1 is 1.21 bits per heavy atom. The van der Waals surface area contributed by atoms with E-state index in [1.54, 1.807) is 0 Å². The van der Waals surface area contributed by atoms with Crippen LogP contribution in [0.15, 0.2) is 24.3 Å².